The third-order valence-corrected chi connectivity index (χ3v) is 2.67. The molecule has 1 aromatic heterocycles. The maximum Gasteiger partial charge on any atom is 0.255 e. The molecule has 0 aliphatic heterocycles. The normalized spacial score (nSPS) is 17.2. The van der Waals surface area contributed by atoms with Crippen molar-refractivity contribution in [2.75, 3.05) is 6.61 Å². The van der Waals surface area contributed by atoms with E-state index in [1.807, 2.05) is 0 Å². The van der Waals surface area contributed by atoms with E-state index in [9.17, 15) is 4.39 Å². The van der Waals surface area contributed by atoms with Crippen molar-refractivity contribution in [3.63, 3.8) is 0 Å². The lowest BCUT2D eigenvalue weighted by molar-refractivity contribution is 0.239. The van der Waals surface area contributed by atoms with E-state index in [2.05, 4.69) is 4.98 Å². The minimum atomic E-state index is -0.509. The van der Waals surface area contributed by atoms with Crippen LogP contribution in [0.15, 0.2) is 18.3 Å². The zero-order chi connectivity index (χ0) is 9.80. The summed E-state index contributed by atoms with van der Waals surface area (Å²) >= 11 is 0. The monoisotopic (exact) mass is 195 g/mol. The smallest absolute Gasteiger partial charge is 0.255 e. The molecule has 2 rings (SSSR count). The minimum Gasteiger partial charge on any atom is -0.488 e. The van der Waals surface area contributed by atoms with Crippen molar-refractivity contribution >= 4 is 0 Å². The second kappa shape index (κ2) is 4.40. The van der Waals surface area contributed by atoms with Gasteiger partial charge in [0.1, 0.15) is 0 Å². The zero-order valence-corrected chi connectivity index (χ0v) is 8.08. The molecular weight excluding hydrogens is 181 g/mol. The number of pyridine rings is 1. The van der Waals surface area contributed by atoms with Crippen molar-refractivity contribution in [1.82, 2.24) is 4.98 Å². The first-order chi connectivity index (χ1) is 6.86. The van der Waals surface area contributed by atoms with E-state index < -0.39 is 5.95 Å². The van der Waals surface area contributed by atoms with Crippen LogP contribution in [0.2, 0.25) is 0 Å². The van der Waals surface area contributed by atoms with Crippen LogP contribution in [-0.4, -0.2) is 11.6 Å². The SMILES string of the molecule is Fc1ncccc1OCC1CCCC1. The molecule has 0 bridgehead atoms. The van der Waals surface area contributed by atoms with Gasteiger partial charge in [0.05, 0.1) is 6.61 Å². The third kappa shape index (κ3) is 2.22. The highest BCUT2D eigenvalue weighted by Crippen LogP contribution is 2.25. The fourth-order valence-electron chi connectivity index (χ4n) is 1.86. The third-order valence-electron chi connectivity index (χ3n) is 2.67. The molecule has 1 aromatic rings. The molecule has 1 heterocycles. The Bertz CT molecular complexity index is 297. The van der Waals surface area contributed by atoms with Crippen LogP contribution in [0, 0.1) is 11.9 Å². The molecule has 0 spiro atoms. The molecular formula is C11H14FNO. The Morgan fingerprint density at radius 2 is 2.21 bits per heavy atom. The molecule has 0 radical (unpaired) electrons. The van der Waals surface area contributed by atoms with Gasteiger partial charge >= 0.3 is 0 Å². The topological polar surface area (TPSA) is 22.1 Å². The van der Waals surface area contributed by atoms with Gasteiger partial charge < -0.3 is 4.74 Å². The van der Waals surface area contributed by atoms with Crippen LogP contribution < -0.4 is 4.74 Å². The Hall–Kier alpha value is -1.12. The van der Waals surface area contributed by atoms with Crippen LogP contribution in [0.5, 0.6) is 5.75 Å². The van der Waals surface area contributed by atoms with Gasteiger partial charge in [-0.3, -0.25) is 0 Å². The summed E-state index contributed by atoms with van der Waals surface area (Å²) in [6.07, 6.45) is 6.41. The van der Waals surface area contributed by atoms with Gasteiger partial charge in [-0.05, 0) is 30.9 Å². The van der Waals surface area contributed by atoms with Crippen molar-refractivity contribution in [2.45, 2.75) is 25.7 Å². The summed E-state index contributed by atoms with van der Waals surface area (Å²) in [5.41, 5.74) is 0. The van der Waals surface area contributed by atoms with Crippen molar-refractivity contribution in [3.8, 4) is 5.75 Å². The Labute approximate surface area is 83.1 Å². The molecule has 1 aliphatic rings. The van der Waals surface area contributed by atoms with Crippen molar-refractivity contribution < 1.29 is 9.13 Å². The lowest BCUT2D eigenvalue weighted by atomic mass is 10.1. The van der Waals surface area contributed by atoms with Crippen LogP contribution in [0.1, 0.15) is 25.7 Å². The van der Waals surface area contributed by atoms with Crippen LogP contribution in [0.3, 0.4) is 0 Å². The summed E-state index contributed by atoms with van der Waals surface area (Å²) in [4.78, 5) is 3.53. The predicted octanol–water partition coefficient (Wildman–Crippen LogP) is 2.79. The first kappa shape index (κ1) is 9.44. The van der Waals surface area contributed by atoms with E-state index in [-0.39, 0.29) is 5.75 Å². The zero-order valence-electron chi connectivity index (χ0n) is 8.08. The van der Waals surface area contributed by atoms with Gasteiger partial charge in [0.15, 0.2) is 5.75 Å². The van der Waals surface area contributed by atoms with Gasteiger partial charge in [-0.15, -0.1) is 0 Å². The van der Waals surface area contributed by atoms with E-state index in [0.717, 1.165) is 0 Å². The summed E-state index contributed by atoms with van der Waals surface area (Å²) < 4.78 is 18.4. The van der Waals surface area contributed by atoms with E-state index in [1.54, 1.807) is 12.1 Å². The summed E-state index contributed by atoms with van der Waals surface area (Å²) in [6.45, 7) is 0.628. The van der Waals surface area contributed by atoms with Gasteiger partial charge in [-0.25, -0.2) is 4.98 Å². The van der Waals surface area contributed by atoms with Gasteiger partial charge in [0.25, 0.3) is 5.95 Å². The predicted molar refractivity (Wildman–Crippen MR) is 51.6 cm³/mol. The molecule has 1 aliphatic carbocycles. The Balaban J connectivity index is 1.88. The van der Waals surface area contributed by atoms with Gasteiger partial charge in [-0.2, -0.15) is 4.39 Å². The van der Waals surface area contributed by atoms with E-state index in [4.69, 9.17) is 4.74 Å². The minimum absolute atomic E-state index is 0.277. The molecule has 76 valence electrons. The largest absolute Gasteiger partial charge is 0.488 e. The lowest BCUT2D eigenvalue weighted by Gasteiger charge is -2.10. The average Bonchev–Trinajstić information content (AvgIpc) is 2.69. The number of rotatable bonds is 3. The maximum absolute atomic E-state index is 13.0. The second-order valence-electron chi connectivity index (χ2n) is 3.75. The van der Waals surface area contributed by atoms with Gasteiger partial charge in [0.2, 0.25) is 0 Å². The molecule has 0 N–H and O–H groups in total. The summed E-state index contributed by atoms with van der Waals surface area (Å²) in [6, 6.07) is 3.31. The summed E-state index contributed by atoms with van der Waals surface area (Å²) in [5.74, 6) is 0.375. The van der Waals surface area contributed by atoms with Crippen molar-refractivity contribution in [2.24, 2.45) is 5.92 Å². The first-order valence-corrected chi connectivity index (χ1v) is 5.09. The van der Waals surface area contributed by atoms with Crippen molar-refractivity contribution in [3.05, 3.63) is 24.3 Å². The Kier molecular flexibility index (Phi) is 2.96. The standard InChI is InChI=1S/C11H14FNO/c12-11-10(6-3-7-13-11)14-8-9-4-1-2-5-9/h3,6-7,9H,1-2,4-5,8H2. The number of nitrogens with zero attached hydrogens (tertiary/aromatic N) is 1. The number of ether oxygens (including phenoxy) is 1. The lowest BCUT2D eigenvalue weighted by Crippen LogP contribution is -2.09. The van der Waals surface area contributed by atoms with Crippen LogP contribution in [0.25, 0.3) is 0 Å². The maximum atomic E-state index is 13.0. The Morgan fingerprint density at radius 3 is 2.93 bits per heavy atom. The van der Waals surface area contributed by atoms with E-state index in [0.29, 0.717) is 12.5 Å². The molecule has 2 nitrogen and oxygen atoms in total. The molecule has 1 fully saturated rings. The number of hydrogen-bond donors (Lipinski definition) is 0. The van der Waals surface area contributed by atoms with Crippen LogP contribution >= 0.6 is 0 Å². The highest BCUT2D eigenvalue weighted by atomic mass is 19.1. The number of halogens is 1. The molecule has 0 saturated heterocycles. The molecule has 1 saturated carbocycles. The number of hydrogen-bond acceptors (Lipinski definition) is 2. The molecule has 0 amide bonds. The molecule has 0 atom stereocenters. The van der Waals surface area contributed by atoms with Gasteiger partial charge in [-0.1, -0.05) is 12.8 Å². The fourth-order valence-corrected chi connectivity index (χ4v) is 1.86. The first-order valence-electron chi connectivity index (χ1n) is 5.09. The van der Waals surface area contributed by atoms with Crippen molar-refractivity contribution in [1.29, 1.82) is 0 Å². The van der Waals surface area contributed by atoms with Crippen LogP contribution in [0.4, 0.5) is 4.39 Å². The van der Waals surface area contributed by atoms with E-state index >= 15 is 0 Å². The van der Waals surface area contributed by atoms with Gasteiger partial charge in [0, 0.05) is 6.20 Å². The number of aromatic nitrogens is 1. The molecule has 3 heteroatoms. The van der Waals surface area contributed by atoms with Crippen LogP contribution in [-0.2, 0) is 0 Å². The summed E-state index contributed by atoms with van der Waals surface area (Å²) in [5, 5.41) is 0. The highest BCUT2D eigenvalue weighted by molar-refractivity contribution is 5.17. The molecule has 0 unspecified atom stereocenters. The highest BCUT2D eigenvalue weighted by Gasteiger charge is 2.16. The molecule has 14 heavy (non-hydrogen) atoms. The Morgan fingerprint density at radius 1 is 1.43 bits per heavy atom. The second-order valence-corrected chi connectivity index (χ2v) is 3.75. The quantitative estimate of drug-likeness (QED) is 0.692. The average molecular weight is 195 g/mol. The van der Waals surface area contributed by atoms with E-state index in [1.165, 1.54) is 31.9 Å². The summed E-state index contributed by atoms with van der Waals surface area (Å²) in [7, 11) is 0. The fraction of sp³-hybridized carbons (Fsp3) is 0.545. The molecule has 0 aromatic carbocycles.